The molecular formula is C30H31N3O3. The fourth-order valence-electron chi connectivity index (χ4n) is 4.43. The van der Waals surface area contributed by atoms with E-state index in [0.29, 0.717) is 19.4 Å². The van der Waals surface area contributed by atoms with Crippen LogP contribution < -0.4 is 15.4 Å². The van der Waals surface area contributed by atoms with Gasteiger partial charge in [0.1, 0.15) is 5.75 Å². The lowest BCUT2D eigenvalue weighted by atomic mass is 9.71. The Morgan fingerprint density at radius 2 is 1.78 bits per heavy atom. The molecular weight excluding hydrogens is 450 g/mol. The van der Waals surface area contributed by atoms with E-state index in [2.05, 4.69) is 15.6 Å². The van der Waals surface area contributed by atoms with Crippen LogP contribution in [0.4, 0.5) is 0 Å². The number of methoxy groups -OCH3 is 1. The quantitative estimate of drug-likeness (QED) is 0.456. The molecule has 1 aliphatic carbocycles. The Labute approximate surface area is 212 Å². The summed E-state index contributed by atoms with van der Waals surface area (Å²) in [4.78, 5) is 30.8. The second kappa shape index (κ2) is 12.0. The molecule has 0 radical (unpaired) electrons. The first-order valence-corrected chi connectivity index (χ1v) is 12.1. The van der Waals surface area contributed by atoms with Crippen molar-refractivity contribution < 1.29 is 14.3 Å². The van der Waals surface area contributed by atoms with Gasteiger partial charge in [-0.25, -0.2) is 0 Å². The highest BCUT2D eigenvalue weighted by Gasteiger charge is 2.42. The molecule has 0 bridgehead atoms. The minimum atomic E-state index is -0.916. The Balaban J connectivity index is 1.51. The van der Waals surface area contributed by atoms with Crippen molar-refractivity contribution in [3.05, 3.63) is 114 Å². The van der Waals surface area contributed by atoms with Gasteiger partial charge in [0.15, 0.2) is 0 Å². The topological polar surface area (TPSA) is 80.3 Å². The summed E-state index contributed by atoms with van der Waals surface area (Å²) in [6.07, 6.45) is 10.9. The van der Waals surface area contributed by atoms with Gasteiger partial charge in [-0.05, 0) is 53.3 Å². The standard InChI is InChI=1S/C30H31N3O3/c1-36-26-14-12-23(13-15-26)20-28(34)33-22-30(29(35)32-19-16-24-8-7-18-31-21-24)17-6-5-11-27(30)25-9-3-2-4-10-25/h2-15,18,21H,16-17,19-20,22H2,1H3,(H,32,35)(H,33,34). The van der Waals surface area contributed by atoms with Crippen LogP contribution in [0.2, 0.25) is 0 Å². The average molecular weight is 482 g/mol. The summed E-state index contributed by atoms with van der Waals surface area (Å²) < 4.78 is 5.19. The number of ether oxygens (including phenoxy) is 1. The summed E-state index contributed by atoms with van der Waals surface area (Å²) in [5, 5.41) is 6.16. The third-order valence-electron chi connectivity index (χ3n) is 6.43. The maximum Gasteiger partial charge on any atom is 0.232 e. The van der Waals surface area contributed by atoms with Crippen LogP contribution in [0.25, 0.3) is 5.57 Å². The number of rotatable bonds is 10. The smallest absolute Gasteiger partial charge is 0.232 e. The van der Waals surface area contributed by atoms with Crippen molar-refractivity contribution in [2.75, 3.05) is 20.2 Å². The molecule has 1 unspecified atom stereocenters. The first-order chi connectivity index (χ1) is 17.6. The van der Waals surface area contributed by atoms with E-state index in [1.165, 1.54) is 0 Å². The van der Waals surface area contributed by atoms with Crippen LogP contribution in [0, 0.1) is 5.41 Å². The minimum absolute atomic E-state index is 0.101. The van der Waals surface area contributed by atoms with E-state index in [1.54, 1.807) is 19.5 Å². The maximum absolute atomic E-state index is 13.8. The van der Waals surface area contributed by atoms with Crippen LogP contribution in [-0.2, 0) is 22.4 Å². The molecule has 2 N–H and O–H groups in total. The predicted molar refractivity (Wildman–Crippen MR) is 141 cm³/mol. The van der Waals surface area contributed by atoms with Crippen molar-refractivity contribution in [3.8, 4) is 5.75 Å². The van der Waals surface area contributed by atoms with Crippen molar-refractivity contribution >= 4 is 17.4 Å². The molecule has 6 heteroatoms. The lowest BCUT2D eigenvalue weighted by Crippen LogP contribution is -2.50. The van der Waals surface area contributed by atoms with Gasteiger partial charge in [-0.2, -0.15) is 0 Å². The molecule has 1 aromatic heterocycles. The van der Waals surface area contributed by atoms with Gasteiger partial charge in [-0.1, -0.05) is 66.8 Å². The normalized spacial score (nSPS) is 16.6. The highest BCUT2D eigenvalue weighted by atomic mass is 16.5. The summed E-state index contributed by atoms with van der Waals surface area (Å²) in [6, 6.07) is 21.2. The zero-order chi connectivity index (χ0) is 25.2. The van der Waals surface area contributed by atoms with E-state index in [-0.39, 0.29) is 24.8 Å². The van der Waals surface area contributed by atoms with E-state index in [1.807, 2.05) is 85.0 Å². The van der Waals surface area contributed by atoms with E-state index >= 15 is 0 Å². The Hall–Kier alpha value is -4.19. The SMILES string of the molecule is COc1ccc(CC(=O)NCC2(C(=O)NCCc3cccnc3)CC=CC=C2c2ccccc2)cc1. The molecule has 1 aliphatic rings. The van der Waals surface area contributed by atoms with Crippen molar-refractivity contribution in [3.63, 3.8) is 0 Å². The molecule has 184 valence electrons. The molecule has 2 amide bonds. The lowest BCUT2D eigenvalue weighted by Gasteiger charge is -2.36. The van der Waals surface area contributed by atoms with E-state index < -0.39 is 5.41 Å². The van der Waals surface area contributed by atoms with Crippen molar-refractivity contribution in [2.24, 2.45) is 5.41 Å². The number of nitrogens with zero attached hydrogens (tertiary/aromatic N) is 1. The van der Waals surface area contributed by atoms with Crippen LogP contribution >= 0.6 is 0 Å². The van der Waals surface area contributed by atoms with E-state index in [4.69, 9.17) is 4.74 Å². The fourth-order valence-corrected chi connectivity index (χ4v) is 4.43. The number of hydrogen-bond donors (Lipinski definition) is 2. The maximum atomic E-state index is 13.8. The monoisotopic (exact) mass is 481 g/mol. The Bertz CT molecular complexity index is 1220. The van der Waals surface area contributed by atoms with Gasteiger partial charge in [0, 0.05) is 25.5 Å². The van der Waals surface area contributed by atoms with Gasteiger partial charge >= 0.3 is 0 Å². The number of carbonyl (C=O) groups is 2. The highest BCUT2D eigenvalue weighted by molar-refractivity contribution is 5.98. The molecule has 3 aromatic rings. The third kappa shape index (κ3) is 6.08. The molecule has 2 aromatic carbocycles. The Morgan fingerprint density at radius 3 is 2.50 bits per heavy atom. The fraction of sp³-hybridized carbons (Fsp3) is 0.233. The van der Waals surface area contributed by atoms with Crippen LogP contribution in [0.15, 0.2) is 97.4 Å². The van der Waals surface area contributed by atoms with Gasteiger partial charge < -0.3 is 15.4 Å². The molecule has 4 rings (SSSR count). The molecule has 6 nitrogen and oxygen atoms in total. The number of amides is 2. The van der Waals surface area contributed by atoms with Crippen molar-refractivity contribution in [1.82, 2.24) is 15.6 Å². The Kier molecular flexibility index (Phi) is 8.29. The summed E-state index contributed by atoms with van der Waals surface area (Å²) in [7, 11) is 1.61. The first kappa shape index (κ1) is 24.9. The molecule has 0 spiro atoms. The zero-order valence-electron chi connectivity index (χ0n) is 20.4. The molecule has 0 saturated heterocycles. The average Bonchev–Trinajstić information content (AvgIpc) is 2.93. The van der Waals surface area contributed by atoms with Gasteiger partial charge in [0.05, 0.1) is 18.9 Å². The minimum Gasteiger partial charge on any atom is -0.497 e. The first-order valence-electron chi connectivity index (χ1n) is 12.1. The highest BCUT2D eigenvalue weighted by Crippen LogP contribution is 2.41. The second-order valence-electron chi connectivity index (χ2n) is 8.83. The van der Waals surface area contributed by atoms with Crippen molar-refractivity contribution in [1.29, 1.82) is 0 Å². The molecule has 1 atom stereocenters. The number of hydrogen-bond acceptors (Lipinski definition) is 4. The summed E-state index contributed by atoms with van der Waals surface area (Å²) >= 11 is 0. The summed E-state index contributed by atoms with van der Waals surface area (Å²) in [5.41, 5.74) is 2.89. The molecule has 0 aliphatic heterocycles. The largest absolute Gasteiger partial charge is 0.497 e. The van der Waals surface area contributed by atoms with Crippen LogP contribution in [-0.4, -0.2) is 37.0 Å². The molecule has 0 saturated carbocycles. The Morgan fingerprint density at radius 1 is 0.972 bits per heavy atom. The number of aromatic nitrogens is 1. The van der Waals surface area contributed by atoms with Gasteiger partial charge in [0.2, 0.25) is 11.8 Å². The third-order valence-corrected chi connectivity index (χ3v) is 6.43. The van der Waals surface area contributed by atoms with Crippen LogP contribution in [0.1, 0.15) is 23.1 Å². The van der Waals surface area contributed by atoms with E-state index in [0.717, 1.165) is 28.0 Å². The van der Waals surface area contributed by atoms with Gasteiger partial charge in [-0.3, -0.25) is 14.6 Å². The van der Waals surface area contributed by atoms with Gasteiger partial charge in [-0.15, -0.1) is 0 Å². The number of carbonyl (C=O) groups excluding carboxylic acids is 2. The summed E-state index contributed by atoms with van der Waals surface area (Å²) in [6.45, 7) is 0.684. The number of nitrogens with one attached hydrogen (secondary N) is 2. The predicted octanol–water partition coefficient (Wildman–Crippen LogP) is 4.14. The second-order valence-corrected chi connectivity index (χ2v) is 8.83. The zero-order valence-corrected chi connectivity index (χ0v) is 20.4. The lowest BCUT2D eigenvalue weighted by molar-refractivity contribution is -0.128. The van der Waals surface area contributed by atoms with Crippen LogP contribution in [0.3, 0.4) is 0 Å². The van der Waals surface area contributed by atoms with Crippen LogP contribution in [0.5, 0.6) is 5.75 Å². The van der Waals surface area contributed by atoms with E-state index in [9.17, 15) is 9.59 Å². The molecule has 0 fully saturated rings. The summed E-state index contributed by atoms with van der Waals surface area (Å²) in [5.74, 6) is 0.507. The number of benzene rings is 2. The van der Waals surface area contributed by atoms with Gasteiger partial charge in [0.25, 0.3) is 0 Å². The molecule has 36 heavy (non-hydrogen) atoms. The number of pyridine rings is 1. The number of allylic oxidation sites excluding steroid dienone is 3. The molecule has 1 heterocycles. The van der Waals surface area contributed by atoms with Crippen molar-refractivity contribution in [2.45, 2.75) is 19.3 Å².